The second-order valence-electron chi connectivity index (χ2n) is 7.80. The zero-order chi connectivity index (χ0) is 22.3. The Morgan fingerprint density at radius 3 is 2.60 bits per heavy atom. The van der Waals surface area contributed by atoms with E-state index in [0.29, 0.717) is 19.4 Å². The van der Waals surface area contributed by atoms with Gasteiger partial charge in [-0.25, -0.2) is 4.79 Å². The van der Waals surface area contributed by atoms with E-state index < -0.39 is 42.7 Å². The number of piperidine rings is 1. The van der Waals surface area contributed by atoms with Gasteiger partial charge in [0, 0.05) is 13.1 Å². The number of carbonyl (C=O) groups is 3. The van der Waals surface area contributed by atoms with Crippen molar-refractivity contribution in [2.45, 2.75) is 45.8 Å². The Hall–Kier alpha value is -2.91. The summed E-state index contributed by atoms with van der Waals surface area (Å²) in [6.45, 7) is 2.24. The molecule has 2 amide bonds. The number of hydrogen-bond donors (Lipinski definition) is 1. The van der Waals surface area contributed by atoms with Crippen LogP contribution in [0.4, 0.5) is 19.3 Å². The summed E-state index contributed by atoms with van der Waals surface area (Å²) in [5, 5.41) is 2.37. The van der Waals surface area contributed by atoms with Crippen LogP contribution in [0.15, 0.2) is 24.3 Å². The van der Waals surface area contributed by atoms with Crippen molar-refractivity contribution in [3.63, 3.8) is 0 Å². The molecule has 0 bridgehead atoms. The number of benzene rings is 1. The quantitative estimate of drug-likeness (QED) is 0.698. The maximum absolute atomic E-state index is 12.4. The molecule has 1 aromatic carbocycles. The highest BCUT2D eigenvalue weighted by atomic mass is 19.3. The van der Waals surface area contributed by atoms with E-state index in [9.17, 15) is 23.2 Å². The molecule has 10 heteroatoms. The second-order valence-corrected chi connectivity index (χ2v) is 7.80. The number of nitrogens with zero attached hydrogens (tertiary/aromatic N) is 1. The van der Waals surface area contributed by atoms with Gasteiger partial charge in [-0.05, 0) is 45.7 Å². The number of alkyl halides is 2. The van der Waals surface area contributed by atoms with Crippen molar-refractivity contribution < 1.29 is 37.4 Å². The van der Waals surface area contributed by atoms with Crippen molar-refractivity contribution in [3.8, 4) is 5.75 Å². The van der Waals surface area contributed by atoms with Gasteiger partial charge in [-0.15, -0.1) is 0 Å². The summed E-state index contributed by atoms with van der Waals surface area (Å²) in [6, 6.07) is 5.68. The van der Waals surface area contributed by atoms with Crippen LogP contribution in [0.2, 0.25) is 0 Å². The molecule has 1 heterocycles. The van der Waals surface area contributed by atoms with Gasteiger partial charge in [-0.2, -0.15) is 8.78 Å². The third-order valence-corrected chi connectivity index (χ3v) is 4.13. The Balaban J connectivity index is 1.85. The summed E-state index contributed by atoms with van der Waals surface area (Å²) in [4.78, 5) is 38.0. The summed E-state index contributed by atoms with van der Waals surface area (Å²) in [6.07, 6.45) is 0.613. The van der Waals surface area contributed by atoms with Gasteiger partial charge in [0.05, 0.1) is 11.6 Å². The van der Waals surface area contributed by atoms with Crippen molar-refractivity contribution in [2.24, 2.45) is 5.92 Å². The Kier molecular flexibility index (Phi) is 7.96. The van der Waals surface area contributed by atoms with Gasteiger partial charge < -0.3 is 24.4 Å². The first-order valence-corrected chi connectivity index (χ1v) is 9.53. The molecular formula is C20H26F2N2O6. The predicted octanol–water partition coefficient (Wildman–Crippen LogP) is 3.42. The van der Waals surface area contributed by atoms with E-state index in [1.165, 1.54) is 29.2 Å². The van der Waals surface area contributed by atoms with Gasteiger partial charge >= 0.3 is 18.7 Å². The Morgan fingerprint density at radius 1 is 1.23 bits per heavy atom. The van der Waals surface area contributed by atoms with Gasteiger partial charge in [0.25, 0.3) is 5.91 Å². The number of halogens is 2. The fourth-order valence-corrected chi connectivity index (χ4v) is 2.87. The van der Waals surface area contributed by atoms with Crippen LogP contribution in [0.3, 0.4) is 0 Å². The molecular weight excluding hydrogens is 402 g/mol. The number of likely N-dealkylation sites (tertiary alicyclic amines) is 1. The van der Waals surface area contributed by atoms with E-state index in [1.807, 2.05) is 0 Å². The van der Waals surface area contributed by atoms with E-state index in [2.05, 4.69) is 10.1 Å². The molecule has 8 nitrogen and oxygen atoms in total. The lowest BCUT2D eigenvalue weighted by Crippen LogP contribution is -2.45. The molecule has 0 saturated carbocycles. The predicted molar refractivity (Wildman–Crippen MR) is 103 cm³/mol. The van der Waals surface area contributed by atoms with Crippen LogP contribution in [0.25, 0.3) is 0 Å². The zero-order valence-corrected chi connectivity index (χ0v) is 17.2. The van der Waals surface area contributed by atoms with Crippen molar-refractivity contribution >= 4 is 23.7 Å². The lowest BCUT2D eigenvalue weighted by Gasteiger charge is -2.33. The summed E-state index contributed by atoms with van der Waals surface area (Å²) >= 11 is 0. The number of anilines is 1. The summed E-state index contributed by atoms with van der Waals surface area (Å²) in [5.41, 5.74) is -0.611. The first kappa shape index (κ1) is 23.4. The maximum Gasteiger partial charge on any atom is 0.410 e. The third kappa shape index (κ3) is 7.49. The minimum absolute atomic E-state index is 0.0348. The number of ether oxygens (including phenoxy) is 3. The van der Waals surface area contributed by atoms with Gasteiger partial charge in [0.2, 0.25) is 0 Å². The van der Waals surface area contributed by atoms with Crippen LogP contribution in [-0.2, 0) is 19.1 Å². The molecule has 30 heavy (non-hydrogen) atoms. The SMILES string of the molecule is CC(C)(C)OC(=O)N1CCCC(C(=O)OCC(=O)Nc2ccccc2OC(F)F)C1. The van der Waals surface area contributed by atoms with Gasteiger partial charge in [0.1, 0.15) is 11.4 Å². The highest BCUT2D eigenvalue weighted by molar-refractivity contribution is 5.94. The number of hydrogen-bond acceptors (Lipinski definition) is 6. The van der Waals surface area contributed by atoms with Crippen LogP contribution in [-0.4, -0.2) is 54.8 Å². The number of carbonyl (C=O) groups excluding carboxylic acids is 3. The molecule has 166 valence electrons. The van der Waals surface area contributed by atoms with E-state index in [1.54, 1.807) is 20.8 Å². The zero-order valence-electron chi connectivity index (χ0n) is 17.2. The van der Waals surface area contributed by atoms with Crippen LogP contribution in [0, 0.1) is 5.92 Å². The van der Waals surface area contributed by atoms with Crippen LogP contribution >= 0.6 is 0 Å². The summed E-state index contributed by atoms with van der Waals surface area (Å²) in [5.74, 6) is -2.09. The smallest absolute Gasteiger partial charge is 0.410 e. The van der Waals surface area contributed by atoms with E-state index in [0.717, 1.165) is 0 Å². The molecule has 0 aromatic heterocycles. The molecule has 0 aliphatic carbocycles. The molecule has 1 unspecified atom stereocenters. The molecule has 0 radical (unpaired) electrons. The Labute approximate surface area is 173 Å². The van der Waals surface area contributed by atoms with Gasteiger partial charge in [-0.3, -0.25) is 9.59 Å². The van der Waals surface area contributed by atoms with Crippen molar-refractivity contribution in [1.29, 1.82) is 0 Å². The van der Waals surface area contributed by atoms with Crippen LogP contribution in [0.1, 0.15) is 33.6 Å². The normalized spacial score (nSPS) is 16.7. The average molecular weight is 428 g/mol. The van der Waals surface area contributed by atoms with E-state index >= 15 is 0 Å². The highest BCUT2D eigenvalue weighted by Crippen LogP contribution is 2.25. The molecule has 0 spiro atoms. The van der Waals surface area contributed by atoms with Gasteiger partial charge in [-0.1, -0.05) is 12.1 Å². The highest BCUT2D eigenvalue weighted by Gasteiger charge is 2.32. The lowest BCUT2D eigenvalue weighted by atomic mass is 9.98. The Morgan fingerprint density at radius 2 is 1.93 bits per heavy atom. The second kappa shape index (κ2) is 10.2. The molecule has 1 aliphatic heterocycles. The monoisotopic (exact) mass is 428 g/mol. The number of nitrogens with one attached hydrogen (secondary N) is 1. The Bertz CT molecular complexity index is 766. The molecule has 1 aromatic rings. The summed E-state index contributed by atoms with van der Waals surface area (Å²) in [7, 11) is 0. The van der Waals surface area contributed by atoms with Crippen LogP contribution in [0.5, 0.6) is 5.75 Å². The first-order valence-electron chi connectivity index (χ1n) is 9.53. The van der Waals surface area contributed by atoms with Crippen molar-refractivity contribution in [1.82, 2.24) is 4.90 Å². The first-order chi connectivity index (χ1) is 14.0. The third-order valence-electron chi connectivity index (χ3n) is 4.13. The number of para-hydroxylation sites is 2. The fourth-order valence-electron chi connectivity index (χ4n) is 2.87. The van der Waals surface area contributed by atoms with Gasteiger partial charge in [0.15, 0.2) is 6.61 Å². The van der Waals surface area contributed by atoms with Crippen molar-refractivity contribution in [3.05, 3.63) is 24.3 Å². The molecule has 1 fully saturated rings. The average Bonchev–Trinajstić information content (AvgIpc) is 2.66. The molecule has 2 rings (SSSR count). The molecule has 1 N–H and O–H groups in total. The number of esters is 1. The largest absolute Gasteiger partial charge is 0.455 e. The molecule has 1 aliphatic rings. The molecule has 1 atom stereocenters. The summed E-state index contributed by atoms with van der Waals surface area (Å²) < 4.78 is 39.6. The minimum Gasteiger partial charge on any atom is -0.455 e. The standard InChI is InChI=1S/C20H26F2N2O6/c1-20(2,3)30-19(27)24-10-6-7-13(11-24)17(26)28-12-16(25)23-14-8-4-5-9-15(14)29-18(21)22/h4-5,8-9,13,18H,6-7,10-12H2,1-3H3,(H,23,25). The fraction of sp³-hybridized carbons (Fsp3) is 0.550. The topological polar surface area (TPSA) is 94.2 Å². The molecule has 1 saturated heterocycles. The van der Waals surface area contributed by atoms with E-state index in [-0.39, 0.29) is 18.0 Å². The lowest BCUT2D eigenvalue weighted by molar-refractivity contribution is -0.153. The van der Waals surface area contributed by atoms with Crippen LogP contribution < -0.4 is 10.1 Å². The van der Waals surface area contributed by atoms with Crippen molar-refractivity contribution in [2.75, 3.05) is 25.0 Å². The minimum atomic E-state index is -3.04. The number of rotatable bonds is 6. The number of amides is 2. The maximum atomic E-state index is 12.4. The van der Waals surface area contributed by atoms with E-state index in [4.69, 9.17) is 9.47 Å².